The van der Waals surface area contributed by atoms with Crippen LogP contribution in [-0.2, 0) is 4.79 Å². The third-order valence-electron chi connectivity index (χ3n) is 5.19. The zero-order valence-corrected chi connectivity index (χ0v) is 16.4. The molecule has 2 fully saturated rings. The van der Waals surface area contributed by atoms with Gasteiger partial charge in [0.1, 0.15) is 10.1 Å². The van der Waals surface area contributed by atoms with E-state index < -0.39 is 0 Å². The molecule has 0 radical (unpaired) electrons. The Hall–Kier alpha value is -1.85. The summed E-state index contributed by atoms with van der Waals surface area (Å²) < 4.78 is 6.24. The topological polar surface area (TPSA) is 29.5 Å². The van der Waals surface area contributed by atoms with Crippen molar-refractivity contribution in [2.75, 3.05) is 7.11 Å². The highest BCUT2D eigenvalue weighted by Gasteiger charge is 2.37. The maximum absolute atomic E-state index is 13.1. The molecule has 1 saturated carbocycles. The summed E-state index contributed by atoms with van der Waals surface area (Å²) in [5, 5.41) is 2.21. The van der Waals surface area contributed by atoms with Gasteiger partial charge in [-0.1, -0.05) is 73.6 Å². The molecule has 1 heterocycles. The third-order valence-corrected chi connectivity index (χ3v) is 6.52. The van der Waals surface area contributed by atoms with Gasteiger partial charge < -0.3 is 4.74 Å². The number of hydrogen-bond donors (Lipinski definition) is 0. The van der Waals surface area contributed by atoms with Crippen molar-refractivity contribution in [2.45, 2.75) is 38.1 Å². The molecule has 1 saturated heterocycles. The molecule has 0 spiro atoms. The molecule has 2 aliphatic rings. The van der Waals surface area contributed by atoms with E-state index in [1.54, 1.807) is 7.11 Å². The van der Waals surface area contributed by atoms with Crippen molar-refractivity contribution in [3.05, 3.63) is 46.9 Å². The van der Waals surface area contributed by atoms with Crippen LogP contribution in [0.4, 0.5) is 0 Å². The molecule has 2 aromatic carbocycles. The first-order valence-electron chi connectivity index (χ1n) is 9.02. The highest BCUT2D eigenvalue weighted by Crippen LogP contribution is 2.39. The molecule has 0 atom stereocenters. The van der Waals surface area contributed by atoms with Gasteiger partial charge in [-0.25, -0.2) is 0 Å². The van der Waals surface area contributed by atoms with Crippen LogP contribution in [0, 0.1) is 0 Å². The van der Waals surface area contributed by atoms with Gasteiger partial charge >= 0.3 is 0 Å². The highest BCUT2D eigenvalue weighted by atomic mass is 32.2. The summed E-state index contributed by atoms with van der Waals surface area (Å²) in [6, 6.07) is 12.4. The second-order valence-electron chi connectivity index (χ2n) is 6.75. The number of hydrogen-bond acceptors (Lipinski definition) is 4. The van der Waals surface area contributed by atoms with Crippen molar-refractivity contribution in [1.82, 2.24) is 4.90 Å². The summed E-state index contributed by atoms with van der Waals surface area (Å²) in [4.78, 5) is 15.6. The summed E-state index contributed by atoms with van der Waals surface area (Å²) in [6.45, 7) is 0. The molecule has 4 rings (SSSR count). The molecular weight excluding hydrogens is 362 g/mol. The molecule has 26 heavy (non-hydrogen) atoms. The zero-order valence-electron chi connectivity index (χ0n) is 14.7. The molecule has 0 bridgehead atoms. The van der Waals surface area contributed by atoms with Crippen LogP contribution in [0.1, 0.15) is 37.7 Å². The van der Waals surface area contributed by atoms with Gasteiger partial charge in [0.05, 0.1) is 12.0 Å². The van der Waals surface area contributed by atoms with E-state index in [0.29, 0.717) is 9.23 Å². The molecule has 134 valence electrons. The van der Waals surface area contributed by atoms with Crippen LogP contribution < -0.4 is 4.74 Å². The van der Waals surface area contributed by atoms with Crippen molar-refractivity contribution in [3.63, 3.8) is 0 Å². The van der Waals surface area contributed by atoms with E-state index in [1.807, 2.05) is 35.2 Å². The molecule has 1 amide bonds. The number of benzene rings is 2. The van der Waals surface area contributed by atoms with Gasteiger partial charge in [0, 0.05) is 11.6 Å². The fourth-order valence-corrected chi connectivity index (χ4v) is 5.25. The number of amides is 1. The van der Waals surface area contributed by atoms with E-state index in [-0.39, 0.29) is 11.9 Å². The number of nitrogens with zero attached hydrogens (tertiary/aromatic N) is 1. The Morgan fingerprint density at radius 3 is 2.69 bits per heavy atom. The van der Waals surface area contributed by atoms with E-state index in [1.165, 1.54) is 31.0 Å². The van der Waals surface area contributed by atoms with E-state index in [9.17, 15) is 4.79 Å². The van der Waals surface area contributed by atoms with Crippen LogP contribution in [-0.4, -0.2) is 28.3 Å². The Bertz CT molecular complexity index is 900. The quantitative estimate of drug-likeness (QED) is 0.525. The number of thioether (sulfide) groups is 1. The summed E-state index contributed by atoms with van der Waals surface area (Å²) in [6.07, 6.45) is 7.67. The van der Waals surface area contributed by atoms with Crippen molar-refractivity contribution in [1.29, 1.82) is 0 Å². The van der Waals surface area contributed by atoms with Gasteiger partial charge in [-0.15, -0.1) is 0 Å². The Balaban J connectivity index is 1.74. The first-order valence-corrected chi connectivity index (χ1v) is 10.2. The molecular formula is C21H21NO2S2. The Labute approximate surface area is 163 Å². The zero-order chi connectivity index (χ0) is 18.1. The largest absolute Gasteiger partial charge is 0.496 e. The number of carbonyl (C=O) groups excluding carboxylic acids is 1. The van der Waals surface area contributed by atoms with Crippen molar-refractivity contribution in [2.24, 2.45) is 0 Å². The number of methoxy groups -OCH3 is 1. The number of carbonyl (C=O) groups is 1. The summed E-state index contributed by atoms with van der Waals surface area (Å²) in [5.41, 5.74) is 0.940. The standard InChI is InChI=1S/C21H21NO2S2/c1-24-18-12-11-14-7-5-6-10-16(14)17(18)13-19-20(23)22(21(25)26-19)15-8-3-2-4-9-15/h5-7,10-13,15H,2-4,8-9H2,1H3/b19-13+. The third kappa shape index (κ3) is 3.14. The minimum atomic E-state index is 0.0434. The molecule has 3 nitrogen and oxygen atoms in total. The summed E-state index contributed by atoms with van der Waals surface area (Å²) in [5.74, 6) is 0.813. The van der Waals surface area contributed by atoms with Crippen LogP contribution in [0.3, 0.4) is 0 Å². The van der Waals surface area contributed by atoms with E-state index in [4.69, 9.17) is 17.0 Å². The van der Waals surface area contributed by atoms with E-state index in [2.05, 4.69) is 12.1 Å². The maximum Gasteiger partial charge on any atom is 0.266 e. The minimum absolute atomic E-state index is 0.0434. The normalized spacial score (nSPS) is 20.3. The lowest BCUT2D eigenvalue weighted by Gasteiger charge is -2.29. The Kier molecular flexibility index (Phi) is 5.00. The van der Waals surface area contributed by atoms with Crippen molar-refractivity contribution in [3.8, 4) is 5.75 Å². The van der Waals surface area contributed by atoms with Crippen LogP contribution >= 0.6 is 24.0 Å². The number of thiocarbonyl (C=S) groups is 1. The average Bonchev–Trinajstić information content (AvgIpc) is 2.96. The van der Waals surface area contributed by atoms with Gasteiger partial charge in [0.2, 0.25) is 0 Å². The minimum Gasteiger partial charge on any atom is -0.496 e. The lowest BCUT2D eigenvalue weighted by Crippen LogP contribution is -2.39. The first-order chi connectivity index (χ1) is 12.7. The predicted octanol–water partition coefficient (Wildman–Crippen LogP) is 5.38. The number of ether oxygens (including phenoxy) is 1. The highest BCUT2D eigenvalue weighted by molar-refractivity contribution is 8.26. The second-order valence-corrected chi connectivity index (χ2v) is 8.42. The van der Waals surface area contributed by atoms with Gasteiger partial charge in [0.25, 0.3) is 5.91 Å². The summed E-state index contributed by atoms with van der Waals surface area (Å²) in [7, 11) is 1.66. The smallest absolute Gasteiger partial charge is 0.266 e. The molecule has 0 N–H and O–H groups in total. The monoisotopic (exact) mass is 383 g/mol. The number of fused-ring (bicyclic) bond motifs is 1. The lowest BCUT2D eigenvalue weighted by molar-refractivity contribution is -0.124. The van der Waals surface area contributed by atoms with Crippen LogP contribution in [0.2, 0.25) is 0 Å². The van der Waals surface area contributed by atoms with Gasteiger partial charge in [-0.05, 0) is 35.8 Å². The van der Waals surface area contributed by atoms with E-state index in [0.717, 1.165) is 34.9 Å². The molecule has 1 aliphatic carbocycles. The van der Waals surface area contributed by atoms with Crippen LogP contribution in [0.15, 0.2) is 41.3 Å². The van der Waals surface area contributed by atoms with Gasteiger partial charge in [-0.3, -0.25) is 9.69 Å². The Morgan fingerprint density at radius 1 is 1.15 bits per heavy atom. The van der Waals surface area contributed by atoms with Crippen LogP contribution in [0.5, 0.6) is 5.75 Å². The van der Waals surface area contributed by atoms with E-state index >= 15 is 0 Å². The van der Waals surface area contributed by atoms with Gasteiger partial charge in [-0.2, -0.15) is 0 Å². The summed E-state index contributed by atoms with van der Waals surface area (Å²) >= 11 is 6.96. The maximum atomic E-state index is 13.1. The molecule has 0 aromatic heterocycles. The van der Waals surface area contributed by atoms with Crippen LogP contribution in [0.25, 0.3) is 16.8 Å². The molecule has 5 heteroatoms. The predicted molar refractivity (Wildman–Crippen MR) is 112 cm³/mol. The van der Waals surface area contributed by atoms with Crippen molar-refractivity contribution >= 4 is 51.1 Å². The fraction of sp³-hybridized carbons (Fsp3) is 0.333. The first kappa shape index (κ1) is 17.6. The lowest BCUT2D eigenvalue weighted by atomic mass is 9.94. The molecule has 1 aliphatic heterocycles. The fourth-order valence-electron chi connectivity index (χ4n) is 3.87. The van der Waals surface area contributed by atoms with Crippen molar-refractivity contribution < 1.29 is 9.53 Å². The van der Waals surface area contributed by atoms with Gasteiger partial charge in [0.15, 0.2) is 0 Å². The Morgan fingerprint density at radius 2 is 1.92 bits per heavy atom. The molecule has 2 aromatic rings. The average molecular weight is 384 g/mol. The number of rotatable bonds is 3. The molecule has 0 unspecified atom stereocenters. The second kappa shape index (κ2) is 7.41. The SMILES string of the molecule is COc1ccc2ccccc2c1/C=C1/SC(=S)N(C2CCCCC2)C1=O.